The largest absolute Gasteiger partial charge is 0.481 e. The highest BCUT2D eigenvalue weighted by atomic mass is 35.5. The molecule has 0 aliphatic carbocycles. The molecule has 0 saturated carbocycles. The Kier molecular flexibility index (Phi) is 7.16. The van der Waals surface area contributed by atoms with Crippen molar-refractivity contribution in [3.05, 3.63) is 27.2 Å². The highest BCUT2D eigenvalue weighted by molar-refractivity contribution is 6.44. The molecule has 1 saturated heterocycles. The molecule has 24 heavy (non-hydrogen) atoms. The lowest BCUT2D eigenvalue weighted by Crippen LogP contribution is -2.40. The summed E-state index contributed by atoms with van der Waals surface area (Å²) in [6, 6.07) is 3.01. The SMILES string of the molecule is O=C(O)CCC1CCCN(CC(=O)Nc2cc(Cl)c(Cl)cc2Cl)C1. The Morgan fingerprint density at radius 1 is 1.21 bits per heavy atom. The first-order valence-corrected chi connectivity index (χ1v) is 8.87. The Balaban J connectivity index is 1.88. The minimum absolute atomic E-state index is 0.170. The average Bonchev–Trinajstić information content (AvgIpc) is 2.51. The number of likely N-dealkylation sites (tertiary alicyclic amines) is 1. The van der Waals surface area contributed by atoms with Gasteiger partial charge in [-0.05, 0) is 43.9 Å². The molecular weight excluding hydrogens is 375 g/mol. The number of hydrogen-bond donors (Lipinski definition) is 2. The van der Waals surface area contributed by atoms with Crippen LogP contribution < -0.4 is 5.32 Å². The van der Waals surface area contributed by atoms with Crippen LogP contribution in [0, 0.1) is 5.92 Å². The van der Waals surface area contributed by atoms with E-state index in [0.717, 1.165) is 25.9 Å². The molecule has 1 aromatic rings. The number of nitrogens with one attached hydrogen (secondary N) is 1. The van der Waals surface area contributed by atoms with E-state index in [1.807, 2.05) is 4.90 Å². The first-order valence-electron chi connectivity index (χ1n) is 7.73. The van der Waals surface area contributed by atoms with Gasteiger partial charge < -0.3 is 10.4 Å². The lowest BCUT2D eigenvalue weighted by atomic mass is 9.93. The fourth-order valence-electron chi connectivity index (χ4n) is 2.87. The van der Waals surface area contributed by atoms with Crippen LogP contribution in [0.4, 0.5) is 5.69 Å². The lowest BCUT2D eigenvalue weighted by molar-refractivity contribution is -0.137. The topological polar surface area (TPSA) is 69.6 Å². The van der Waals surface area contributed by atoms with Gasteiger partial charge in [-0.1, -0.05) is 34.8 Å². The van der Waals surface area contributed by atoms with E-state index in [9.17, 15) is 9.59 Å². The quantitative estimate of drug-likeness (QED) is 0.712. The van der Waals surface area contributed by atoms with Gasteiger partial charge in [-0.15, -0.1) is 0 Å². The molecule has 1 fully saturated rings. The number of carboxylic acid groups (broad SMARTS) is 1. The Morgan fingerprint density at radius 3 is 2.62 bits per heavy atom. The summed E-state index contributed by atoms with van der Waals surface area (Å²) in [7, 11) is 0. The summed E-state index contributed by atoms with van der Waals surface area (Å²) in [6.45, 7) is 1.79. The number of carbonyl (C=O) groups excluding carboxylic acids is 1. The van der Waals surface area contributed by atoms with Crippen molar-refractivity contribution in [1.82, 2.24) is 4.90 Å². The molecule has 2 N–H and O–H groups in total. The van der Waals surface area contributed by atoms with Crippen LogP contribution in [0.2, 0.25) is 15.1 Å². The normalized spacial score (nSPS) is 18.4. The number of aliphatic carboxylic acids is 1. The predicted molar refractivity (Wildman–Crippen MR) is 96.1 cm³/mol. The summed E-state index contributed by atoms with van der Waals surface area (Å²) in [5, 5.41) is 12.5. The van der Waals surface area contributed by atoms with Gasteiger partial charge in [0.2, 0.25) is 5.91 Å². The molecule has 8 heteroatoms. The summed E-state index contributed by atoms with van der Waals surface area (Å²) in [6.07, 6.45) is 2.78. The first-order chi connectivity index (χ1) is 11.3. The van der Waals surface area contributed by atoms with E-state index in [-0.39, 0.29) is 18.9 Å². The standard InChI is InChI=1S/C16H19Cl3N2O3/c17-11-6-13(19)14(7-12(11)18)20-15(22)9-21-5-1-2-10(8-21)3-4-16(23)24/h6-7,10H,1-5,8-9H2,(H,20,22)(H,23,24). The van der Waals surface area contributed by atoms with E-state index in [0.29, 0.717) is 33.1 Å². The highest BCUT2D eigenvalue weighted by Crippen LogP contribution is 2.32. The predicted octanol–water partition coefficient (Wildman–Crippen LogP) is 4.16. The highest BCUT2D eigenvalue weighted by Gasteiger charge is 2.22. The van der Waals surface area contributed by atoms with Crippen molar-refractivity contribution in [1.29, 1.82) is 0 Å². The number of piperidine rings is 1. The molecule has 1 heterocycles. The van der Waals surface area contributed by atoms with E-state index < -0.39 is 5.97 Å². The van der Waals surface area contributed by atoms with E-state index in [4.69, 9.17) is 39.9 Å². The third kappa shape index (κ3) is 5.81. The Morgan fingerprint density at radius 2 is 1.92 bits per heavy atom. The number of benzene rings is 1. The molecule has 0 spiro atoms. The maximum absolute atomic E-state index is 12.2. The van der Waals surface area contributed by atoms with Crippen molar-refractivity contribution in [2.75, 3.05) is 25.0 Å². The molecule has 132 valence electrons. The fourth-order valence-corrected chi connectivity index (χ4v) is 3.46. The van der Waals surface area contributed by atoms with Crippen LogP contribution in [0.5, 0.6) is 0 Å². The van der Waals surface area contributed by atoms with Gasteiger partial charge in [0.15, 0.2) is 0 Å². The summed E-state index contributed by atoms with van der Waals surface area (Å²) < 4.78 is 0. The van der Waals surface area contributed by atoms with Crippen molar-refractivity contribution in [3.8, 4) is 0 Å². The van der Waals surface area contributed by atoms with Crippen LogP contribution in [0.3, 0.4) is 0 Å². The van der Waals surface area contributed by atoms with Crippen LogP contribution >= 0.6 is 34.8 Å². The van der Waals surface area contributed by atoms with Crippen LogP contribution in [-0.2, 0) is 9.59 Å². The number of nitrogens with zero attached hydrogens (tertiary/aromatic N) is 1. The van der Waals surface area contributed by atoms with Crippen LogP contribution in [-0.4, -0.2) is 41.5 Å². The maximum atomic E-state index is 12.2. The van der Waals surface area contributed by atoms with E-state index in [1.165, 1.54) is 12.1 Å². The molecule has 1 unspecified atom stereocenters. The van der Waals surface area contributed by atoms with Crippen molar-refractivity contribution in [2.45, 2.75) is 25.7 Å². The zero-order chi connectivity index (χ0) is 17.7. The van der Waals surface area contributed by atoms with Gasteiger partial charge in [0.05, 0.1) is 27.3 Å². The zero-order valence-electron chi connectivity index (χ0n) is 13.0. The number of rotatable bonds is 6. The van der Waals surface area contributed by atoms with Gasteiger partial charge in [0.25, 0.3) is 0 Å². The molecule has 2 rings (SSSR count). The van der Waals surface area contributed by atoms with E-state index in [2.05, 4.69) is 5.32 Å². The molecule has 5 nitrogen and oxygen atoms in total. The maximum Gasteiger partial charge on any atom is 0.303 e. The second-order valence-electron chi connectivity index (χ2n) is 5.97. The minimum atomic E-state index is -0.779. The number of hydrogen-bond acceptors (Lipinski definition) is 3. The smallest absolute Gasteiger partial charge is 0.303 e. The van der Waals surface area contributed by atoms with Crippen LogP contribution in [0.1, 0.15) is 25.7 Å². The monoisotopic (exact) mass is 392 g/mol. The van der Waals surface area contributed by atoms with Gasteiger partial charge in [0.1, 0.15) is 0 Å². The van der Waals surface area contributed by atoms with Gasteiger partial charge in [-0.25, -0.2) is 0 Å². The van der Waals surface area contributed by atoms with Gasteiger partial charge in [-0.2, -0.15) is 0 Å². The number of amides is 1. The van der Waals surface area contributed by atoms with Crippen molar-refractivity contribution in [3.63, 3.8) is 0 Å². The molecular formula is C16H19Cl3N2O3. The summed E-state index contributed by atoms with van der Waals surface area (Å²) in [5.74, 6) is -0.649. The van der Waals surface area contributed by atoms with Gasteiger partial charge >= 0.3 is 5.97 Å². The number of carboxylic acids is 1. The lowest BCUT2D eigenvalue weighted by Gasteiger charge is -2.32. The number of anilines is 1. The third-order valence-electron chi connectivity index (χ3n) is 4.02. The van der Waals surface area contributed by atoms with Crippen molar-refractivity contribution >= 4 is 52.4 Å². The zero-order valence-corrected chi connectivity index (χ0v) is 15.3. The summed E-state index contributed by atoms with van der Waals surface area (Å²) in [5.41, 5.74) is 0.426. The average molecular weight is 394 g/mol. The first kappa shape index (κ1) is 19.3. The Bertz CT molecular complexity index is 625. The summed E-state index contributed by atoms with van der Waals surface area (Å²) in [4.78, 5) is 24.9. The molecule has 1 atom stereocenters. The molecule has 1 amide bonds. The minimum Gasteiger partial charge on any atom is -0.481 e. The Hall–Kier alpha value is -1.01. The third-order valence-corrected chi connectivity index (χ3v) is 5.06. The molecule has 0 bridgehead atoms. The number of halogens is 3. The van der Waals surface area contributed by atoms with Crippen LogP contribution in [0.25, 0.3) is 0 Å². The number of carbonyl (C=O) groups is 2. The molecule has 1 aromatic carbocycles. The fraction of sp³-hybridized carbons (Fsp3) is 0.500. The second kappa shape index (κ2) is 8.90. The van der Waals surface area contributed by atoms with Crippen molar-refractivity contribution in [2.24, 2.45) is 5.92 Å². The molecule has 0 aromatic heterocycles. The molecule has 1 aliphatic rings. The molecule has 1 aliphatic heterocycles. The van der Waals surface area contributed by atoms with Gasteiger partial charge in [-0.3, -0.25) is 14.5 Å². The van der Waals surface area contributed by atoms with E-state index >= 15 is 0 Å². The van der Waals surface area contributed by atoms with Crippen LogP contribution in [0.15, 0.2) is 12.1 Å². The van der Waals surface area contributed by atoms with E-state index in [1.54, 1.807) is 0 Å². The second-order valence-corrected chi connectivity index (χ2v) is 7.19. The van der Waals surface area contributed by atoms with Crippen molar-refractivity contribution < 1.29 is 14.7 Å². The Labute approximate surface area is 155 Å². The molecule has 0 radical (unpaired) electrons. The summed E-state index contributed by atoms with van der Waals surface area (Å²) >= 11 is 17.9. The van der Waals surface area contributed by atoms with Gasteiger partial charge in [0, 0.05) is 13.0 Å².